The average molecular weight is 273 g/mol. The second kappa shape index (κ2) is 6.34. The summed E-state index contributed by atoms with van der Waals surface area (Å²) in [5.74, 6) is -0.481. The third-order valence-corrected chi connectivity index (χ3v) is 3.08. The molecule has 18 heavy (non-hydrogen) atoms. The highest BCUT2D eigenvalue weighted by Gasteiger charge is 2.09. The third-order valence-electron chi connectivity index (χ3n) is 1.99. The minimum Gasteiger partial charge on any atom is -0.465 e. The van der Waals surface area contributed by atoms with Gasteiger partial charge in [-0.25, -0.2) is 4.79 Å². The summed E-state index contributed by atoms with van der Waals surface area (Å²) in [6, 6.07) is 5.86. The molecule has 1 aromatic rings. The van der Waals surface area contributed by atoms with Gasteiger partial charge in [0, 0.05) is 18.8 Å². The van der Waals surface area contributed by atoms with Crippen LogP contribution in [0.3, 0.4) is 0 Å². The summed E-state index contributed by atoms with van der Waals surface area (Å²) in [4.78, 5) is 11.2. The smallest absolute Gasteiger partial charge is 0.337 e. The van der Waals surface area contributed by atoms with E-state index in [-0.39, 0.29) is 13.1 Å². The van der Waals surface area contributed by atoms with Crippen molar-refractivity contribution >= 4 is 21.9 Å². The van der Waals surface area contributed by atoms with Crippen molar-refractivity contribution in [1.29, 1.82) is 0 Å². The van der Waals surface area contributed by atoms with E-state index in [0.717, 1.165) is 0 Å². The molecule has 0 saturated heterocycles. The van der Waals surface area contributed by atoms with Gasteiger partial charge in [0.1, 0.15) is 0 Å². The van der Waals surface area contributed by atoms with Crippen LogP contribution in [0.2, 0.25) is 0 Å². The summed E-state index contributed by atoms with van der Waals surface area (Å²) in [5, 5.41) is 0. The van der Waals surface area contributed by atoms with E-state index >= 15 is 0 Å². The fourth-order valence-electron chi connectivity index (χ4n) is 1.18. The highest BCUT2D eigenvalue weighted by molar-refractivity contribution is 7.90. The molecule has 0 amide bonds. The fourth-order valence-corrected chi connectivity index (χ4v) is 2.08. The number of methoxy groups -OCH3 is 1. The van der Waals surface area contributed by atoms with Crippen molar-refractivity contribution in [3.8, 4) is 0 Å². The van der Waals surface area contributed by atoms with Gasteiger partial charge >= 0.3 is 5.97 Å². The number of hydrogen-bond donors (Lipinski definition) is 3. The van der Waals surface area contributed by atoms with Crippen LogP contribution in [0.15, 0.2) is 24.3 Å². The second-order valence-corrected chi connectivity index (χ2v) is 4.86. The predicted molar refractivity (Wildman–Crippen MR) is 67.4 cm³/mol. The zero-order valence-corrected chi connectivity index (χ0v) is 10.7. The second-order valence-electron chi connectivity index (χ2n) is 3.36. The number of rotatable bonds is 6. The summed E-state index contributed by atoms with van der Waals surface area (Å²) in [7, 11) is -2.36. The molecule has 0 aromatic heterocycles. The van der Waals surface area contributed by atoms with Gasteiger partial charge in [-0.3, -0.25) is 4.72 Å². The molecule has 1 aromatic carbocycles. The summed E-state index contributed by atoms with van der Waals surface area (Å²) >= 11 is 0. The molecule has 0 unspecified atom stereocenters. The Labute approximate surface area is 106 Å². The third kappa shape index (κ3) is 4.32. The number of anilines is 1. The largest absolute Gasteiger partial charge is 0.465 e. The lowest BCUT2D eigenvalue weighted by molar-refractivity contribution is 0.0601. The number of esters is 1. The van der Waals surface area contributed by atoms with Gasteiger partial charge in [-0.05, 0) is 24.3 Å². The molecule has 0 fully saturated rings. The van der Waals surface area contributed by atoms with E-state index in [9.17, 15) is 13.2 Å². The number of carbonyl (C=O) groups is 1. The fraction of sp³-hybridized carbons (Fsp3) is 0.300. The molecule has 1 rings (SSSR count). The van der Waals surface area contributed by atoms with Gasteiger partial charge in [-0.15, -0.1) is 0 Å². The Kier molecular flexibility index (Phi) is 5.08. The summed E-state index contributed by atoms with van der Waals surface area (Å²) in [5.41, 5.74) is 5.87. The summed E-state index contributed by atoms with van der Waals surface area (Å²) in [6.45, 7) is 0.359. The molecule has 0 aliphatic heterocycles. The van der Waals surface area contributed by atoms with Crippen LogP contribution in [0, 0.1) is 0 Å². The van der Waals surface area contributed by atoms with Crippen molar-refractivity contribution in [1.82, 2.24) is 4.72 Å². The van der Waals surface area contributed by atoms with Crippen molar-refractivity contribution in [3.63, 3.8) is 0 Å². The first-order valence-corrected chi connectivity index (χ1v) is 6.62. The first-order valence-electron chi connectivity index (χ1n) is 5.14. The Balaban J connectivity index is 2.72. The van der Waals surface area contributed by atoms with Crippen LogP contribution in [0.1, 0.15) is 10.4 Å². The molecule has 100 valence electrons. The van der Waals surface area contributed by atoms with Crippen molar-refractivity contribution in [2.75, 3.05) is 24.9 Å². The maximum atomic E-state index is 11.5. The minimum atomic E-state index is -3.63. The van der Waals surface area contributed by atoms with Crippen LogP contribution in [-0.4, -0.2) is 34.6 Å². The minimum absolute atomic E-state index is 0.148. The lowest BCUT2D eigenvalue weighted by atomic mass is 10.2. The maximum Gasteiger partial charge on any atom is 0.337 e. The molecule has 0 aliphatic rings. The number of hydrogen-bond acceptors (Lipinski definition) is 5. The average Bonchev–Trinajstić information content (AvgIpc) is 2.36. The van der Waals surface area contributed by atoms with E-state index in [1.807, 2.05) is 0 Å². The van der Waals surface area contributed by atoms with Crippen LogP contribution < -0.4 is 15.2 Å². The van der Waals surface area contributed by atoms with Gasteiger partial charge in [0.2, 0.25) is 0 Å². The molecule has 0 aliphatic carbocycles. The van der Waals surface area contributed by atoms with Gasteiger partial charge in [0.25, 0.3) is 10.2 Å². The number of ether oxygens (including phenoxy) is 1. The van der Waals surface area contributed by atoms with E-state index in [0.29, 0.717) is 11.3 Å². The molecular formula is C10H15N3O4S. The lowest BCUT2D eigenvalue weighted by Crippen LogP contribution is -2.33. The van der Waals surface area contributed by atoms with E-state index in [2.05, 4.69) is 14.2 Å². The normalized spacial score (nSPS) is 11.0. The molecule has 0 heterocycles. The lowest BCUT2D eigenvalue weighted by Gasteiger charge is -2.08. The molecule has 0 radical (unpaired) electrons. The topological polar surface area (TPSA) is 111 Å². The number of nitrogens with one attached hydrogen (secondary N) is 2. The molecule has 8 heteroatoms. The standard InChI is InChI=1S/C10H15N3O4S/c1-17-10(14)8-2-4-9(5-3-8)13-18(15,16)12-7-6-11/h2-5,12-13H,6-7,11H2,1H3. The first-order chi connectivity index (χ1) is 8.48. The van der Waals surface area contributed by atoms with Gasteiger partial charge in [0.15, 0.2) is 0 Å². The Morgan fingerprint density at radius 1 is 1.33 bits per heavy atom. The van der Waals surface area contributed by atoms with E-state index < -0.39 is 16.2 Å². The van der Waals surface area contributed by atoms with Crippen LogP contribution in [0.25, 0.3) is 0 Å². The monoisotopic (exact) mass is 273 g/mol. The van der Waals surface area contributed by atoms with Gasteiger partial charge < -0.3 is 10.5 Å². The number of benzene rings is 1. The van der Waals surface area contributed by atoms with E-state index in [1.165, 1.54) is 31.4 Å². The SMILES string of the molecule is COC(=O)c1ccc(NS(=O)(=O)NCCN)cc1. The molecular weight excluding hydrogens is 258 g/mol. The zero-order chi connectivity index (χ0) is 13.6. The highest BCUT2D eigenvalue weighted by atomic mass is 32.2. The predicted octanol–water partition coefficient (Wildman–Crippen LogP) is -0.322. The number of carbonyl (C=O) groups excluding carboxylic acids is 1. The molecule has 0 atom stereocenters. The van der Waals surface area contributed by atoms with Gasteiger partial charge in [-0.2, -0.15) is 13.1 Å². The number of nitrogens with two attached hydrogens (primary N) is 1. The Hall–Kier alpha value is -1.64. The van der Waals surface area contributed by atoms with Crippen molar-refractivity contribution in [3.05, 3.63) is 29.8 Å². The molecule has 4 N–H and O–H groups in total. The Morgan fingerprint density at radius 3 is 2.44 bits per heavy atom. The zero-order valence-electron chi connectivity index (χ0n) is 9.84. The molecule has 0 bridgehead atoms. The van der Waals surface area contributed by atoms with Crippen LogP contribution >= 0.6 is 0 Å². The highest BCUT2D eigenvalue weighted by Crippen LogP contribution is 2.11. The van der Waals surface area contributed by atoms with Crippen LogP contribution in [0.4, 0.5) is 5.69 Å². The van der Waals surface area contributed by atoms with Crippen molar-refractivity contribution in [2.24, 2.45) is 5.73 Å². The molecule has 0 spiro atoms. The Morgan fingerprint density at radius 2 is 1.94 bits per heavy atom. The van der Waals surface area contributed by atoms with E-state index in [1.54, 1.807) is 0 Å². The maximum absolute atomic E-state index is 11.5. The summed E-state index contributed by atoms with van der Waals surface area (Å²) in [6.07, 6.45) is 0. The molecule has 7 nitrogen and oxygen atoms in total. The van der Waals surface area contributed by atoms with E-state index in [4.69, 9.17) is 5.73 Å². The van der Waals surface area contributed by atoms with Crippen LogP contribution in [0.5, 0.6) is 0 Å². The quantitative estimate of drug-likeness (QED) is 0.615. The first kappa shape index (κ1) is 14.4. The van der Waals surface area contributed by atoms with Crippen molar-refractivity contribution in [2.45, 2.75) is 0 Å². The van der Waals surface area contributed by atoms with Gasteiger partial charge in [-0.1, -0.05) is 0 Å². The Bertz CT molecular complexity index is 498. The summed E-state index contributed by atoms with van der Waals surface area (Å²) < 4.78 is 32.0. The van der Waals surface area contributed by atoms with Gasteiger partial charge in [0.05, 0.1) is 12.7 Å². The van der Waals surface area contributed by atoms with Crippen molar-refractivity contribution < 1.29 is 17.9 Å². The molecule has 0 saturated carbocycles. The van der Waals surface area contributed by atoms with Crippen LogP contribution in [-0.2, 0) is 14.9 Å².